The highest BCUT2D eigenvalue weighted by Crippen LogP contribution is 2.27. The third-order valence-electron chi connectivity index (χ3n) is 6.09. The van der Waals surface area contributed by atoms with E-state index < -0.39 is 0 Å². The Morgan fingerprint density at radius 2 is 1.80 bits per heavy atom. The quantitative estimate of drug-likeness (QED) is 0.684. The molecule has 5 nitrogen and oxygen atoms in total. The summed E-state index contributed by atoms with van der Waals surface area (Å²) in [5, 5.41) is 3.69. The first-order valence-corrected chi connectivity index (χ1v) is 11.2. The average Bonchev–Trinajstić information content (AvgIpc) is 2.73. The van der Waals surface area contributed by atoms with Gasteiger partial charge in [0, 0.05) is 54.5 Å². The molecule has 0 spiro atoms. The van der Waals surface area contributed by atoms with Crippen LogP contribution in [0, 0.1) is 0 Å². The zero-order valence-corrected chi connectivity index (χ0v) is 18.5. The van der Waals surface area contributed by atoms with Gasteiger partial charge in [-0.25, -0.2) is 0 Å². The van der Waals surface area contributed by atoms with Gasteiger partial charge in [0.05, 0.1) is 6.61 Å². The fourth-order valence-corrected chi connectivity index (χ4v) is 4.67. The van der Waals surface area contributed by atoms with Crippen LogP contribution in [0.5, 0.6) is 5.75 Å². The number of amides is 1. The number of halogens is 1. The molecule has 1 unspecified atom stereocenters. The molecule has 2 aromatic rings. The van der Waals surface area contributed by atoms with Gasteiger partial charge in [0.1, 0.15) is 5.75 Å². The van der Waals surface area contributed by atoms with Crippen LogP contribution < -0.4 is 15.0 Å². The van der Waals surface area contributed by atoms with E-state index in [1.807, 2.05) is 24.3 Å². The minimum atomic E-state index is 0.0931. The van der Waals surface area contributed by atoms with Crippen LogP contribution >= 0.6 is 11.6 Å². The highest BCUT2D eigenvalue weighted by Gasteiger charge is 2.29. The Labute approximate surface area is 184 Å². The molecule has 2 aliphatic rings. The number of rotatable bonds is 6. The minimum absolute atomic E-state index is 0.0931. The summed E-state index contributed by atoms with van der Waals surface area (Å²) >= 11 is 6.03. The molecule has 30 heavy (non-hydrogen) atoms. The molecule has 0 radical (unpaired) electrons. The van der Waals surface area contributed by atoms with Crippen LogP contribution in [0.25, 0.3) is 0 Å². The van der Waals surface area contributed by atoms with E-state index in [2.05, 4.69) is 47.2 Å². The second kappa shape index (κ2) is 9.27. The van der Waals surface area contributed by atoms with Gasteiger partial charge in [0.2, 0.25) is 5.91 Å². The molecule has 2 aliphatic heterocycles. The molecule has 4 rings (SSSR count). The van der Waals surface area contributed by atoms with Gasteiger partial charge in [0.25, 0.3) is 0 Å². The summed E-state index contributed by atoms with van der Waals surface area (Å²) < 4.78 is 6.00. The Morgan fingerprint density at radius 1 is 1.07 bits per heavy atom. The summed E-state index contributed by atoms with van der Waals surface area (Å²) in [6.07, 6.45) is 2.32. The number of nitrogens with one attached hydrogen (secondary N) is 1. The lowest BCUT2D eigenvalue weighted by Gasteiger charge is -2.45. The Hall–Kier alpha value is -2.24. The van der Waals surface area contributed by atoms with Crippen LogP contribution in [0.15, 0.2) is 42.5 Å². The van der Waals surface area contributed by atoms with Crippen LogP contribution in [0.1, 0.15) is 32.3 Å². The molecular formula is C24H30ClN3O2. The molecule has 1 saturated heterocycles. The Kier molecular flexibility index (Phi) is 6.49. The fraction of sp³-hybridized carbons (Fsp3) is 0.458. The molecule has 2 heterocycles. The van der Waals surface area contributed by atoms with Crippen molar-refractivity contribution in [1.82, 2.24) is 4.90 Å². The van der Waals surface area contributed by atoms with Crippen molar-refractivity contribution in [2.24, 2.45) is 0 Å². The van der Waals surface area contributed by atoms with Gasteiger partial charge in [-0.1, -0.05) is 11.6 Å². The molecule has 0 bridgehead atoms. The smallest absolute Gasteiger partial charge is 0.224 e. The molecule has 0 aliphatic carbocycles. The number of benzene rings is 2. The van der Waals surface area contributed by atoms with Crippen LogP contribution in [0.3, 0.4) is 0 Å². The van der Waals surface area contributed by atoms with Crippen molar-refractivity contribution in [3.63, 3.8) is 0 Å². The van der Waals surface area contributed by atoms with E-state index in [1.54, 1.807) is 0 Å². The summed E-state index contributed by atoms with van der Waals surface area (Å²) in [5.74, 6) is 0.981. The van der Waals surface area contributed by atoms with E-state index in [4.69, 9.17) is 16.3 Å². The van der Waals surface area contributed by atoms with Gasteiger partial charge in [-0.05, 0) is 74.7 Å². The largest absolute Gasteiger partial charge is 0.494 e. The number of hydrogen-bond acceptors (Lipinski definition) is 4. The highest BCUT2D eigenvalue weighted by atomic mass is 35.5. The van der Waals surface area contributed by atoms with Crippen molar-refractivity contribution in [1.29, 1.82) is 0 Å². The summed E-state index contributed by atoms with van der Waals surface area (Å²) in [4.78, 5) is 16.5. The number of fused-ring (bicyclic) bond motifs is 1. The molecule has 2 atom stereocenters. The van der Waals surface area contributed by atoms with Gasteiger partial charge in [0.15, 0.2) is 0 Å². The van der Waals surface area contributed by atoms with Crippen molar-refractivity contribution in [2.75, 3.05) is 36.5 Å². The van der Waals surface area contributed by atoms with E-state index in [0.29, 0.717) is 25.1 Å². The number of piperazine rings is 1. The molecule has 1 fully saturated rings. The van der Waals surface area contributed by atoms with Crippen LogP contribution in [0.4, 0.5) is 11.4 Å². The first-order chi connectivity index (χ1) is 14.5. The van der Waals surface area contributed by atoms with Crippen molar-refractivity contribution < 1.29 is 9.53 Å². The maximum Gasteiger partial charge on any atom is 0.224 e. The molecule has 0 aromatic heterocycles. The molecule has 160 valence electrons. The number of hydrogen-bond donors (Lipinski definition) is 1. The van der Waals surface area contributed by atoms with Gasteiger partial charge in [-0.15, -0.1) is 0 Å². The standard InChI is InChI=1S/C24H30ClN3O2/c1-17-15-27(21-7-5-20(25)6-8-21)16-18(2)28(17)12-3-13-30-22-9-10-23-19(14-22)4-11-24(29)26-23/h5-10,14,17-18H,3-4,11-13,15-16H2,1-2H3,(H,26,29)/t17-,18?/m1/s1. The lowest BCUT2D eigenvalue weighted by atomic mass is 10.0. The SMILES string of the molecule is CC1CN(c2ccc(Cl)cc2)C[C@@H](C)N1CCCOc1ccc2c(c1)CCC(=O)N2. The summed E-state index contributed by atoms with van der Waals surface area (Å²) in [6, 6.07) is 15.1. The Bertz CT molecular complexity index is 875. The zero-order valence-electron chi connectivity index (χ0n) is 17.7. The van der Waals surface area contributed by atoms with E-state index in [1.165, 1.54) is 5.69 Å². The van der Waals surface area contributed by atoms with Gasteiger partial charge < -0.3 is 15.0 Å². The van der Waals surface area contributed by atoms with Crippen LogP contribution in [-0.4, -0.2) is 49.1 Å². The molecule has 1 N–H and O–H groups in total. The van der Waals surface area contributed by atoms with Gasteiger partial charge in [-0.2, -0.15) is 0 Å². The second-order valence-corrected chi connectivity index (χ2v) is 8.82. The minimum Gasteiger partial charge on any atom is -0.494 e. The normalized spacial score (nSPS) is 21.8. The van der Waals surface area contributed by atoms with Crippen molar-refractivity contribution in [2.45, 2.75) is 45.2 Å². The third kappa shape index (κ3) is 4.90. The van der Waals surface area contributed by atoms with Crippen molar-refractivity contribution in [3.05, 3.63) is 53.1 Å². The second-order valence-electron chi connectivity index (χ2n) is 8.39. The van der Waals surface area contributed by atoms with Crippen LogP contribution in [0.2, 0.25) is 5.02 Å². The number of anilines is 2. The summed E-state index contributed by atoms with van der Waals surface area (Å²) in [6.45, 7) is 8.36. The predicted molar refractivity (Wildman–Crippen MR) is 123 cm³/mol. The molecule has 6 heteroatoms. The summed E-state index contributed by atoms with van der Waals surface area (Å²) in [5.41, 5.74) is 3.32. The number of carbonyl (C=O) groups excluding carboxylic acids is 1. The molecule has 2 aromatic carbocycles. The maximum atomic E-state index is 11.5. The zero-order chi connectivity index (χ0) is 21.1. The van der Waals surface area contributed by atoms with Crippen molar-refractivity contribution >= 4 is 28.9 Å². The first-order valence-electron chi connectivity index (χ1n) is 10.8. The van der Waals surface area contributed by atoms with Gasteiger partial charge >= 0.3 is 0 Å². The molecular weight excluding hydrogens is 398 g/mol. The molecule has 1 amide bonds. The average molecular weight is 428 g/mol. The third-order valence-corrected chi connectivity index (χ3v) is 6.35. The number of nitrogens with zero attached hydrogens (tertiary/aromatic N) is 2. The van der Waals surface area contributed by atoms with Crippen molar-refractivity contribution in [3.8, 4) is 5.75 Å². The summed E-state index contributed by atoms with van der Waals surface area (Å²) in [7, 11) is 0. The van der Waals surface area contributed by atoms with E-state index in [0.717, 1.165) is 54.5 Å². The van der Waals surface area contributed by atoms with E-state index >= 15 is 0 Å². The first kappa shape index (κ1) is 21.0. The lowest BCUT2D eigenvalue weighted by molar-refractivity contribution is -0.116. The lowest BCUT2D eigenvalue weighted by Crippen LogP contribution is -2.57. The molecule has 0 saturated carbocycles. The Morgan fingerprint density at radius 3 is 2.53 bits per heavy atom. The highest BCUT2D eigenvalue weighted by molar-refractivity contribution is 6.30. The maximum absolute atomic E-state index is 11.5. The topological polar surface area (TPSA) is 44.8 Å². The number of ether oxygens (including phenoxy) is 1. The fourth-order valence-electron chi connectivity index (χ4n) is 4.55. The Balaban J connectivity index is 1.25. The van der Waals surface area contributed by atoms with E-state index in [9.17, 15) is 4.79 Å². The predicted octanol–water partition coefficient (Wildman–Crippen LogP) is 4.59. The number of carbonyl (C=O) groups is 1. The monoisotopic (exact) mass is 427 g/mol. The van der Waals surface area contributed by atoms with E-state index in [-0.39, 0.29) is 5.91 Å². The number of aryl methyl sites for hydroxylation is 1. The van der Waals surface area contributed by atoms with Gasteiger partial charge in [-0.3, -0.25) is 9.69 Å². The van der Waals surface area contributed by atoms with Crippen LogP contribution in [-0.2, 0) is 11.2 Å².